The minimum absolute atomic E-state index is 0.0579. The van der Waals surface area contributed by atoms with Crippen LogP contribution >= 0.6 is 0 Å². The van der Waals surface area contributed by atoms with Crippen LogP contribution in [0.3, 0.4) is 0 Å². The van der Waals surface area contributed by atoms with Crippen LogP contribution in [0.2, 0.25) is 0 Å². The Morgan fingerprint density at radius 1 is 1.38 bits per heavy atom. The maximum absolute atomic E-state index is 13.7. The molecule has 0 unspecified atom stereocenters. The minimum Gasteiger partial charge on any atom is -0.453 e. The van der Waals surface area contributed by atoms with Gasteiger partial charge in [0.15, 0.2) is 0 Å². The first kappa shape index (κ1) is 22.1. The largest absolute Gasteiger partial charge is 0.453 e. The summed E-state index contributed by atoms with van der Waals surface area (Å²) in [6.45, 7) is 1.88. The lowest BCUT2D eigenvalue weighted by Crippen LogP contribution is -2.52. The number of likely N-dealkylation sites (tertiary alicyclic amines) is 1. The Balaban J connectivity index is 1.70. The van der Waals surface area contributed by atoms with Crippen LogP contribution in [-0.4, -0.2) is 75.8 Å². The van der Waals surface area contributed by atoms with Crippen molar-refractivity contribution >= 4 is 16.3 Å². The van der Waals surface area contributed by atoms with Crippen LogP contribution in [-0.2, 0) is 19.7 Å². The highest BCUT2D eigenvalue weighted by Crippen LogP contribution is 2.35. The van der Waals surface area contributed by atoms with Crippen molar-refractivity contribution in [3.05, 3.63) is 35.6 Å². The van der Waals surface area contributed by atoms with Crippen LogP contribution in [0, 0.1) is 5.82 Å². The number of ether oxygens (including phenoxy) is 2. The fourth-order valence-electron chi connectivity index (χ4n) is 4.35. The van der Waals surface area contributed by atoms with Gasteiger partial charge in [-0.15, -0.1) is 0 Å². The van der Waals surface area contributed by atoms with Gasteiger partial charge in [-0.05, 0) is 62.6 Å². The number of hydrogen-bond donors (Lipinski definition) is 1. The summed E-state index contributed by atoms with van der Waals surface area (Å²) in [4.78, 5) is 13.9. The van der Waals surface area contributed by atoms with Crippen LogP contribution in [0.1, 0.15) is 53.2 Å². The molecule has 1 N–H and O–H groups in total. The first-order valence-electron chi connectivity index (χ1n) is 11.8. The van der Waals surface area contributed by atoms with E-state index in [1.54, 1.807) is 12.1 Å². The molecule has 1 aromatic carbocycles. The molecule has 0 spiro atoms. The summed E-state index contributed by atoms with van der Waals surface area (Å²) < 4.78 is 70.6. The summed E-state index contributed by atoms with van der Waals surface area (Å²) in [6, 6.07) is 4.43. The number of halogens is 1. The molecule has 0 aromatic heterocycles. The van der Waals surface area contributed by atoms with Gasteiger partial charge >= 0.3 is 6.09 Å². The summed E-state index contributed by atoms with van der Waals surface area (Å²) in [7, 11) is 0.388. The molecule has 3 rings (SSSR count). The van der Waals surface area contributed by atoms with E-state index in [1.165, 1.54) is 38.2 Å². The van der Waals surface area contributed by atoms with Crippen molar-refractivity contribution in [2.75, 3.05) is 27.8 Å². The van der Waals surface area contributed by atoms with Crippen molar-refractivity contribution in [1.29, 1.82) is 0 Å². The zero-order chi connectivity index (χ0) is 25.3. The number of carbonyl (C=O) groups is 1. The molecule has 6 atom stereocenters. The third-order valence-corrected chi connectivity index (χ3v) is 7.68. The van der Waals surface area contributed by atoms with Crippen molar-refractivity contribution in [2.45, 2.75) is 69.1 Å². The topological polar surface area (TPSA) is 88.2 Å². The Morgan fingerprint density at radius 3 is 2.75 bits per heavy atom. The highest BCUT2D eigenvalue weighted by Gasteiger charge is 2.44. The molecule has 1 aliphatic heterocycles. The molecule has 0 bridgehead atoms. The van der Waals surface area contributed by atoms with Gasteiger partial charge in [0.1, 0.15) is 5.82 Å². The summed E-state index contributed by atoms with van der Waals surface area (Å²) in [5, 5.41) is 0. The molecule has 1 aromatic rings. The molecule has 1 amide bonds. The van der Waals surface area contributed by atoms with Crippen LogP contribution in [0.15, 0.2) is 24.3 Å². The smallest absolute Gasteiger partial charge is 0.410 e. The number of benzene rings is 1. The van der Waals surface area contributed by atoms with Crippen molar-refractivity contribution in [3.8, 4) is 0 Å². The van der Waals surface area contributed by atoms with Crippen molar-refractivity contribution in [1.82, 2.24) is 13.9 Å². The quantitative estimate of drug-likeness (QED) is 0.658. The number of carbonyl (C=O) groups excluding carboxylic acids is 1. The number of nitrogens with one attached hydrogen (secondary N) is 1. The lowest BCUT2D eigenvalue weighted by atomic mass is 9.82. The van der Waals surface area contributed by atoms with Gasteiger partial charge in [0.2, 0.25) is 0 Å². The molecule has 32 heavy (non-hydrogen) atoms. The Labute approximate surface area is 193 Å². The maximum Gasteiger partial charge on any atom is 0.410 e. The summed E-state index contributed by atoms with van der Waals surface area (Å²) in [6.07, 6.45) is -0.235. The van der Waals surface area contributed by atoms with Crippen LogP contribution < -0.4 is 4.72 Å². The van der Waals surface area contributed by atoms with Crippen molar-refractivity contribution in [3.63, 3.8) is 0 Å². The summed E-state index contributed by atoms with van der Waals surface area (Å²) in [5.74, 6) is -1.66. The molecule has 1 heterocycles. The second kappa shape index (κ2) is 10.5. The molecule has 1 saturated carbocycles. The predicted molar refractivity (Wildman–Crippen MR) is 119 cm³/mol. The standard InChI is InChI=1S/C22H34FN3O5S/c1-15-12-20(24-32(28,29)25(2)3)21(26(15)22(27)30-4)14-31-19-10-8-16(9-11-19)17-6-5-7-18(23)13-17/h5-7,13,15-16,19-21,24H,8-12,14H2,1-4H3/t15-,16-,19-,20+,21+/m1/s1/i8D,16D/t8-,15+,16+,19+,20-,21-/m0. The second-order valence-electron chi connectivity index (χ2n) is 8.51. The highest BCUT2D eigenvalue weighted by molar-refractivity contribution is 7.87. The second-order valence-corrected chi connectivity index (χ2v) is 10.4. The SMILES string of the molecule is [2H][C@H]1C[C@@H](OC[C@H]2[C@@H](NS(=O)(=O)N(C)C)C[C@@H](C)N2C(=O)OC)CC[C@]1([2H])c1cccc(F)c1. The van der Waals surface area contributed by atoms with Crippen molar-refractivity contribution < 1.29 is 29.8 Å². The summed E-state index contributed by atoms with van der Waals surface area (Å²) >= 11 is 0. The van der Waals surface area contributed by atoms with E-state index in [0.717, 1.165) is 4.31 Å². The van der Waals surface area contributed by atoms with E-state index in [9.17, 15) is 17.6 Å². The van der Waals surface area contributed by atoms with Crippen LogP contribution in [0.5, 0.6) is 0 Å². The summed E-state index contributed by atoms with van der Waals surface area (Å²) in [5.41, 5.74) is 0.477. The van der Waals surface area contributed by atoms with E-state index in [1.807, 2.05) is 6.92 Å². The first-order valence-corrected chi connectivity index (χ1v) is 12.2. The van der Waals surface area contributed by atoms with Gasteiger partial charge in [0, 0.05) is 28.9 Å². The van der Waals surface area contributed by atoms with Crippen LogP contribution in [0.25, 0.3) is 0 Å². The molecule has 1 saturated heterocycles. The van der Waals surface area contributed by atoms with E-state index in [0.29, 0.717) is 24.8 Å². The Morgan fingerprint density at radius 2 is 2.12 bits per heavy atom. The van der Waals surface area contributed by atoms with E-state index in [2.05, 4.69) is 4.72 Å². The van der Waals surface area contributed by atoms with E-state index >= 15 is 0 Å². The predicted octanol–water partition coefficient (Wildman–Crippen LogP) is 2.86. The maximum atomic E-state index is 13.7. The third kappa shape index (κ3) is 5.78. The van der Waals surface area contributed by atoms with Crippen LogP contribution in [0.4, 0.5) is 9.18 Å². The molecular formula is C22H34FN3O5S. The molecule has 0 radical (unpaired) electrons. The monoisotopic (exact) mass is 473 g/mol. The number of methoxy groups -OCH3 is 1. The number of amides is 1. The molecule has 8 nitrogen and oxygen atoms in total. The lowest BCUT2D eigenvalue weighted by molar-refractivity contribution is -0.00865. The van der Waals surface area contributed by atoms with E-state index in [4.69, 9.17) is 12.2 Å². The zero-order valence-corrected chi connectivity index (χ0v) is 19.8. The Bertz CT molecular complexity index is 985. The van der Waals surface area contributed by atoms with Gasteiger partial charge in [0.05, 0.1) is 25.9 Å². The average Bonchev–Trinajstić information content (AvgIpc) is 3.07. The fraction of sp³-hybridized carbons (Fsp3) is 0.682. The Hall–Kier alpha value is -1.75. The normalized spacial score (nSPS) is 34.3. The molecule has 1 aliphatic carbocycles. The molecule has 180 valence electrons. The molecule has 2 fully saturated rings. The number of rotatable bonds is 7. The fourth-order valence-corrected chi connectivity index (χ4v) is 5.19. The number of hydrogen-bond acceptors (Lipinski definition) is 5. The molecule has 2 aliphatic rings. The average molecular weight is 474 g/mol. The van der Waals surface area contributed by atoms with Gasteiger partial charge in [-0.25, -0.2) is 9.18 Å². The van der Waals surface area contributed by atoms with E-state index < -0.39 is 46.5 Å². The van der Waals surface area contributed by atoms with Gasteiger partial charge in [-0.3, -0.25) is 4.90 Å². The third-order valence-electron chi connectivity index (χ3n) is 6.12. The van der Waals surface area contributed by atoms with Gasteiger partial charge in [-0.1, -0.05) is 12.1 Å². The minimum atomic E-state index is -3.73. The Kier molecular flexibility index (Phi) is 7.21. The first-order chi connectivity index (χ1) is 15.9. The van der Waals surface area contributed by atoms with Crippen molar-refractivity contribution in [2.24, 2.45) is 0 Å². The molecule has 10 heteroatoms. The number of nitrogens with zero attached hydrogens (tertiary/aromatic N) is 2. The molecular weight excluding hydrogens is 437 g/mol. The van der Waals surface area contributed by atoms with Gasteiger partial charge in [-0.2, -0.15) is 17.4 Å². The van der Waals surface area contributed by atoms with Gasteiger partial charge in [0.25, 0.3) is 10.2 Å². The zero-order valence-electron chi connectivity index (χ0n) is 21.0. The highest BCUT2D eigenvalue weighted by atomic mass is 32.2. The van der Waals surface area contributed by atoms with E-state index in [-0.39, 0.29) is 25.2 Å². The van der Waals surface area contributed by atoms with Gasteiger partial charge < -0.3 is 9.47 Å². The lowest BCUT2D eigenvalue weighted by Gasteiger charge is -2.33.